The van der Waals surface area contributed by atoms with Crippen LogP contribution in [-0.2, 0) is 11.3 Å². The lowest BCUT2D eigenvalue weighted by atomic mass is 10.3. The first kappa shape index (κ1) is 15.6. The molecular formula is C14H25N3O2. The van der Waals surface area contributed by atoms with E-state index in [2.05, 4.69) is 19.2 Å². The van der Waals surface area contributed by atoms with Crippen molar-refractivity contribution in [1.82, 2.24) is 9.88 Å². The molecule has 0 fully saturated rings. The summed E-state index contributed by atoms with van der Waals surface area (Å²) in [6.45, 7) is 6.82. The number of amides is 1. The van der Waals surface area contributed by atoms with Gasteiger partial charge in [-0.25, -0.2) is 0 Å². The van der Waals surface area contributed by atoms with E-state index in [1.165, 1.54) is 0 Å². The van der Waals surface area contributed by atoms with Crippen LogP contribution in [0.4, 0.5) is 5.69 Å². The summed E-state index contributed by atoms with van der Waals surface area (Å²) in [7, 11) is 0. The first-order valence-corrected chi connectivity index (χ1v) is 7.00. The Balaban J connectivity index is 2.36. The van der Waals surface area contributed by atoms with Crippen molar-refractivity contribution in [3.8, 4) is 0 Å². The molecule has 1 aromatic rings. The van der Waals surface area contributed by atoms with Gasteiger partial charge in [0.05, 0.1) is 12.3 Å². The van der Waals surface area contributed by atoms with E-state index in [9.17, 15) is 4.79 Å². The average Bonchev–Trinajstić information content (AvgIpc) is 2.75. The minimum Gasteiger partial charge on any atom is -0.397 e. The summed E-state index contributed by atoms with van der Waals surface area (Å²) in [5.41, 5.74) is 6.97. The van der Waals surface area contributed by atoms with Crippen molar-refractivity contribution in [1.29, 1.82) is 0 Å². The van der Waals surface area contributed by atoms with Crippen LogP contribution in [0, 0.1) is 0 Å². The highest BCUT2D eigenvalue weighted by atomic mass is 16.5. The van der Waals surface area contributed by atoms with Crippen LogP contribution in [0.25, 0.3) is 0 Å². The van der Waals surface area contributed by atoms with Gasteiger partial charge in [-0.15, -0.1) is 0 Å². The minimum absolute atomic E-state index is 0.0933. The molecule has 0 unspecified atom stereocenters. The molecular weight excluding hydrogens is 242 g/mol. The molecule has 0 aliphatic heterocycles. The number of carbonyl (C=O) groups is 1. The molecule has 1 aromatic heterocycles. The molecule has 108 valence electrons. The Bertz CT molecular complexity index is 388. The molecule has 1 heterocycles. The van der Waals surface area contributed by atoms with E-state index in [1.54, 1.807) is 12.3 Å². The molecule has 0 saturated heterocycles. The van der Waals surface area contributed by atoms with Crippen LogP contribution in [0.1, 0.15) is 43.6 Å². The van der Waals surface area contributed by atoms with Crippen LogP contribution in [0.3, 0.4) is 0 Å². The summed E-state index contributed by atoms with van der Waals surface area (Å²) >= 11 is 0. The van der Waals surface area contributed by atoms with Gasteiger partial charge in [0.15, 0.2) is 0 Å². The molecule has 5 heteroatoms. The fourth-order valence-electron chi connectivity index (χ4n) is 1.83. The van der Waals surface area contributed by atoms with Gasteiger partial charge in [0.25, 0.3) is 5.91 Å². The fraction of sp³-hybridized carbons (Fsp3) is 0.643. The zero-order chi connectivity index (χ0) is 14.1. The number of aromatic nitrogens is 1. The average molecular weight is 267 g/mol. The van der Waals surface area contributed by atoms with E-state index in [4.69, 9.17) is 10.5 Å². The van der Waals surface area contributed by atoms with E-state index >= 15 is 0 Å². The number of anilines is 1. The van der Waals surface area contributed by atoms with E-state index in [0.717, 1.165) is 32.4 Å². The van der Waals surface area contributed by atoms with E-state index < -0.39 is 0 Å². The largest absolute Gasteiger partial charge is 0.397 e. The van der Waals surface area contributed by atoms with Crippen molar-refractivity contribution < 1.29 is 9.53 Å². The molecule has 0 atom stereocenters. The van der Waals surface area contributed by atoms with Crippen molar-refractivity contribution in [3.63, 3.8) is 0 Å². The third-order valence-electron chi connectivity index (χ3n) is 2.79. The maximum Gasteiger partial charge on any atom is 0.268 e. The summed E-state index contributed by atoms with van der Waals surface area (Å²) in [6, 6.07) is 1.71. The standard InChI is InChI=1S/C14H25N3O2/c1-3-5-8-19-9-6-16-14(18)13-10-12(15)11-17(13)7-4-2/h10-11H,3-9,15H2,1-2H3,(H,16,18). The fourth-order valence-corrected chi connectivity index (χ4v) is 1.83. The van der Waals surface area contributed by atoms with Gasteiger partial charge in [0, 0.05) is 25.9 Å². The second-order valence-corrected chi connectivity index (χ2v) is 4.57. The molecule has 0 aliphatic carbocycles. The lowest BCUT2D eigenvalue weighted by molar-refractivity contribution is 0.0904. The van der Waals surface area contributed by atoms with Crippen molar-refractivity contribution in [2.24, 2.45) is 0 Å². The smallest absolute Gasteiger partial charge is 0.268 e. The van der Waals surface area contributed by atoms with Gasteiger partial charge in [-0.2, -0.15) is 0 Å². The quantitative estimate of drug-likeness (QED) is 0.673. The highest BCUT2D eigenvalue weighted by Crippen LogP contribution is 2.11. The van der Waals surface area contributed by atoms with E-state index in [1.807, 2.05) is 4.57 Å². The van der Waals surface area contributed by atoms with Gasteiger partial charge < -0.3 is 20.4 Å². The summed E-state index contributed by atoms with van der Waals surface area (Å²) in [5, 5.41) is 2.85. The highest BCUT2D eigenvalue weighted by molar-refractivity contribution is 5.93. The van der Waals surface area contributed by atoms with Crippen LogP contribution in [0.2, 0.25) is 0 Å². The van der Waals surface area contributed by atoms with Crippen LogP contribution in [-0.4, -0.2) is 30.2 Å². The van der Waals surface area contributed by atoms with Crippen molar-refractivity contribution >= 4 is 11.6 Å². The van der Waals surface area contributed by atoms with Gasteiger partial charge in [-0.1, -0.05) is 20.3 Å². The first-order chi connectivity index (χ1) is 9.19. The first-order valence-electron chi connectivity index (χ1n) is 7.00. The lowest BCUT2D eigenvalue weighted by Gasteiger charge is -2.09. The van der Waals surface area contributed by atoms with Crippen LogP contribution < -0.4 is 11.1 Å². The zero-order valence-corrected chi connectivity index (χ0v) is 11.9. The van der Waals surface area contributed by atoms with Crippen molar-refractivity contribution in [2.45, 2.75) is 39.7 Å². The van der Waals surface area contributed by atoms with Crippen LogP contribution in [0.15, 0.2) is 12.3 Å². The number of ether oxygens (including phenoxy) is 1. The molecule has 3 N–H and O–H groups in total. The molecule has 5 nitrogen and oxygen atoms in total. The Kier molecular flexibility index (Phi) is 7.03. The van der Waals surface area contributed by atoms with Crippen LogP contribution >= 0.6 is 0 Å². The Labute approximate surface area is 115 Å². The Morgan fingerprint density at radius 1 is 1.37 bits per heavy atom. The number of unbranched alkanes of at least 4 members (excludes halogenated alkanes) is 1. The van der Waals surface area contributed by atoms with E-state index in [-0.39, 0.29) is 5.91 Å². The maximum absolute atomic E-state index is 12.0. The Morgan fingerprint density at radius 3 is 2.84 bits per heavy atom. The third-order valence-corrected chi connectivity index (χ3v) is 2.79. The predicted octanol–water partition coefficient (Wildman–Crippen LogP) is 2.03. The molecule has 19 heavy (non-hydrogen) atoms. The topological polar surface area (TPSA) is 69.3 Å². The normalized spacial score (nSPS) is 10.6. The summed E-state index contributed by atoms with van der Waals surface area (Å²) in [6.07, 6.45) is 4.95. The zero-order valence-electron chi connectivity index (χ0n) is 11.9. The predicted molar refractivity (Wildman–Crippen MR) is 77.2 cm³/mol. The van der Waals surface area contributed by atoms with Gasteiger partial charge >= 0.3 is 0 Å². The lowest BCUT2D eigenvalue weighted by Crippen LogP contribution is -2.29. The molecule has 1 amide bonds. The number of aryl methyl sites for hydroxylation is 1. The number of nitrogens with two attached hydrogens (primary N) is 1. The van der Waals surface area contributed by atoms with Gasteiger partial charge in [0.2, 0.25) is 0 Å². The molecule has 0 spiro atoms. The number of carbonyl (C=O) groups excluding carboxylic acids is 1. The molecule has 0 saturated carbocycles. The SMILES string of the molecule is CCCCOCCNC(=O)c1cc(N)cn1CCC. The van der Waals surface area contributed by atoms with Gasteiger partial charge in [-0.3, -0.25) is 4.79 Å². The number of hydrogen-bond donors (Lipinski definition) is 2. The minimum atomic E-state index is -0.0933. The van der Waals surface area contributed by atoms with Crippen molar-refractivity contribution in [2.75, 3.05) is 25.5 Å². The van der Waals surface area contributed by atoms with Gasteiger partial charge in [0.1, 0.15) is 5.69 Å². The number of nitrogen functional groups attached to an aromatic ring is 1. The summed E-state index contributed by atoms with van der Waals surface area (Å²) in [4.78, 5) is 12.0. The van der Waals surface area contributed by atoms with Crippen LogP contribution in [0.5, 0.6) is 0 Å². The van der Waals surface area contributed by atoms with Gasteiger partial charge in [-0.05, 0) is 18.9 Å². The molecule has 0 aromatic carbocycles. The Morgan fingerprint density at radius 2 is 2.16 bits per heavy atom. The molecule has 0 bridgehead atoms. The monoisotopic (exact) mass is 267 g/mol. The number of rotatable bonds is 9. The van der Waals surface area contributed by atoms with Crippen molar-refractivity contribution in [3.05, 3.63) is 18.0 Å². The number of nitrogens with zero attached hydrogens (tertiary/aromatic N) is 1. The third kappa shape index (κ3) is 5.34. The maximum atomic E-state index is 12.0. The number of nitrogens with one attached hydrogen (secondary N) is 1. The summed E-state index contributed by atoms with van der Waals surface area (Å²) < 4.78 is 7.29. The second kappa shape index (κ2) is 8.58. The molecule has 0 radical (unpaired) electrons. The summed E-state index contributed by atoms with van der Waals surface area (Å²) in [5.74, 6) is -0.0933. The molecule has 1 rings (SSSR count). The van der Waals surface area contributed by atoms with E-state index in [0.29, 0.717) is 24.5 Å². The highest BCUT2D eigenvalue weighted by Gasteiger charge is 2.11. The second-order valence-electron chi connectivity index (χ2n) is 4.57. The number of hydrogen-bond acceptors (Lipinski definition) is 3. The Hall–Kier alpha value is -1.49. The molecule has 0 aliphatic rings.